The zero-order chi connectivity index (χ0) is 55.4. The molecule has 76 heavy (non-hydrogen) atoms. The van der Waals surface area contributed by atoms with Crippen molar-refractivity contribution < 1.29 is 103 Å². The van der Waals surface area contributed by atoms with E-state index in [9.17, 15) is 67.2 Å². The molecule has 3 aliphatic rings. The lowest BCUT2D eigenvalue weighted by Gasteiger charge is -2.26. The zero-order valence-electron chi connectivity index (χ0n) is 39.7. The normalized spacial score (nSPS) is 30.0. The number of phosphoric ester groups is 3. The van der Waals surface area contributed by atoms with Gasteiger partial charge in [-0.2, -0.15) is 8.62 Å². The van der Waals surface area contributed by atoms with Crippen LogP contribution in [0.1, 0.15) is 32.0 Å². The molecule has 8 heterocycles. The number of rotatable bonds is 21. The van der Waals surface area contributed by atoms with Gasteiger partial charge >= 0.3 is 42.6 Å². The Morgan fingerprint density at radius 2 is 1.49 bits per heavy atom. The largest absolute Gasteiger partial charge is 0.490 e. The molecule has 418 valence electrons. The van der Waals surface area contributed by atoms with Crippen LogP contribution < -0.4 is 38.2 Å². The third kappa shape index (κ3) is 12.1. The molecule has 3 fully saturated rings. The summed E-state index contributed by atoms with van der Waals surface area (Å²) in [5, 5.41) is 23.7. The van der Waals surface area contributed by atoms with Gasteiger partial charge in [0.2, 0.25) is 11.4 Å². The Morgan fingerprint density at radius 3 is 2.14 bits per heavy atom. The lowest BCUT2D eigenvalue weighted by atomic mass is 9.87. The van der Waals surface area contributed by atoms with Crippen LogP contribution in [0.2, 0.25) is 0 Å². The topological polar surface area (TPSA) is 516 Å². The molecule has 37 nitrogen and oxygen atoms in total. The molecule has 16 atom stereocenters. The number of imidazole rings is 2. The molecule has 0 radical (unpaired) electrons. The van der Waals surface area contributed by atoms with Crippen molar-refractivity contribution in [2.24, 2.45) is 18.9 Å². The van der Waals surface area contributed by atoms with E-state index in [0.29, 0.717) is 0 Å². The molecule has 8 rings (SSSR count). The third-order valence-electron chi connectivity index (χ3n) is 12.2. The van der Waals surface area contributed by atoms with Crippen LogP contribution in [-0.4, -0.2) is 156 Å². The van der Waals surface area contributed by atoms with E-state index in [1.54, 1.807) is 14.0 Å². The number of aryl methyl sites for hydroxylation is 1. The Morgan fingerprint density at radius 1 is 0.842 bits per heavy atom. The van der Waals surface area contributed by atoms with Crippen molar-refractivity contribution in [3.05, 3.63) is 62.4 Å². The number of fused-ring (bicyclic) bond motifs is 2. The number of hydrogen-bond acceptors (Lipinski definition) is 26. The van der Waals surface area contributed by atoms with Gasteiger partial charge in [0.25, 0.3) is 17.1 Å². The van der Waals surface area contributed by atoms with Crippen molar-refractivity contribution in [2.75, 3.05) is 45.4 Å². The second kappa shape index (κ2) is 22.0. The molecule has 0 saturated carbocycles. The monoisotopic (exact) mass is 1160 g/mol. The minimum absolute atomic E-state index is 0.00998. The molecule has 0 aromatic carbocycles. The Hall–Kier alpha value is -5.07. The molecule has 0 spiro atoms. The fourth-order valence-corrected chi connectivity index (χ4v) is 13.2. The summed E-state index contributed by atoms with van der Waals surface area (Å²) < 4.78 is 110. The Balaban J connectivity index is 0.948. The number of aromatic nitrogens is 10. The number of hydrogen-bond donors (Lipinski definition) is 11. The highest BCUT2D eigenvalue weighted by Gasteiger charge is 2.54. The number of H-pyrrole nitrogens is 2. The molecule has 41 heteroatoms. The maximum Gasteiger partial charge on any atom is 0.490 e. The number of carbonyl (C=O) groups excluding carboxylic acids is 1. The van der Waals surface area contributed by atoms with Crippen LogP contribution in [0.5, 0.6) is 0 Å². The summed E-state index contributed by atoms with van der Waals surface area (Å²) in [4.78, 5) is 113. The summed E-state index contributed by atoms with van der Waals surface area (Å²) in [5.41, 5.74) is 9.57. The lowest BCUT2D eigenvalue weighted by Crippen LogP contribution is -2.42. The molecule has 0 aliphatic carbocycles. The number of nitrogens with zero attached hydrogens (tertiary/aromatic N) is 8. The van der Waals surface area contributed by atoms with Crippen LogP contribution in [0.4, 0.5) is 11.8 Å². The Labute approximate surface area is 424 Å². The van der Waals surface area contributed by atoms with Gasteiger partial charge in [0.15, 0.2) is 36.5 Å². The maximum absolute atomic E-state index is 13.6. The second-order valence-electron chi connectivity index (χ2n) is 17.1. The first-order valence-corrected chi connectivity index (χ1v) is 28.0. The number of amides is 1. The van der Waals surface area contributed by atoms with Gasteiger partial charge in [-0.25, -0.2) is 42.6 Å². The fourth-order valence-electron chi connectivity index (χ4n) is 8.76. The van der Waals surface area contributed by atoms with Gasteiger partial charge in [0.1, 0.15) is 48.5 Å². The molecular weight excluding hydrogens is 1110 g/mol. The smallest absolute Gasteiger partial charge is 0.387 e. The molecule has 1 amide bonds. The summed E-state index contributed by atoms with van der Waals surface area (Å²) in [6, 6.07) is 0.926. The van der Waals surface area contributed by atoms with Gasteiger partial charge < -0.3 is 65.5 Å². The summed E-state index contributed by atoms with van der Waals surface area (Å²) in [6.45, 7) is -1.51. The zero-order valence-corrected chi connectivity index (χ0v) is 43.3. The van der Waals surface area contributed by atoms with Gasteiger partial charge in [0.05, 0.1) is 39.3 Å². The number of methoxy groups -OCH3 is 1. The predicted octanol–water partition coefficient (Wildman–Crippen LogP) is -3.21. The minimum Gasteiger partial charge on any atom is -0.387 e. The van der Waals surface area contributed by atoms with E-state index in [-0.39, 0.29) is 40.5 Å². The minimum atomic E-state index is -6.18. The van der Waals surface area contributed by atoms with Gasteiger partial charge in [-0.05, 0) is 0 Å². The number of phosphoric acid groups is 4. The highest BCUT2D eigenvalue weighted by atomic mass is 31.3. The number of aliphatic hydroxyl groups excluding tert-OH is 2. The highest BCUT2D eigenvalue weighted by molar-refractivity contribution is 7.66. The molecule has 13 N–H and O–H groups in total. The highest BCUT2D eigenvalue weighted by Crippen LogP contribution is 2.68. The molecule has 5 aromatic rings. The first-order chi connectivity index (χ1) is 35.6. The van der Waals surface area contributed by atoms with Crippen molar-refractivity contribution in [2.45, 2.75) is 74.8 Å². The molecule has 4 unspecified atom stereocenters. The fraction of sp³-hybridized carbons (Fsp3) is 0.571. The van der Waals surface area contributed by atoms with Crippen LogP contribution in [0, 0.1) is 11.8 Å². The van der Waals surface area contributed by atoms with Gasteiger partial charge in [0, 0.05) is 44.7 Å². The summed E-state index contributed by atoms with van der Waals surface area (Å²) >= 11 is 0. The number of aromatic amines is 2. The first-order valence-electron chi connectivity index (χ1n) is 22.0. The third-order valence-corrected chi connectivity index (χ3v) is 17.5. The van der Waals surface area contributed by atoms with E-state index in [2.05, 4.69) is 38.9 Å². The number of aliphatic hydroxyl groups is 2. The average molecular weight is 1160 g/mol. The predicted molar refractivity (Wildman–Crippen MR) is 247 cm³/mol. The standard InChI is InChI=1S/C35H49N13O24P4/c1-14-15(7-20(50)38-2)16(67-31(14)48-13-45(3)22-29(48)43-34(37)44-30(22)53)8-65-74(57,58)71-76(61,62)72-75(59,60)66-10-18-25(26(63-4)33(69-18)47-12-41-21-27(36)39-11-40-28(21)47)70-73(55,56)64-9-17-23(51)24(52)32(68-17)46-6-5-19(49)42-35(46)54/h5-6,11-18,23-26,31-33,51-52H,7-10H2,1-4H3,(H10-,36,37,38,39,40,42,43,44,49,50,53,54,55,56,57,58,59,60,61,62)/p+1/t14-,15+,16-,17-,18-,23-,24-,25-,26-,31-,32-,33-/m1/s1. The van der Waals surface area contributed by atoms with E-state index in [1.165, 1.54) is 27.1 Å². The van der Waals surface area contributed by atoms with Crippen molar-refractivity contribution in [1.29, 1.82) is 0 Å². The van der Waals surface area contributed by atoms with Crippen LogP contribution in [-0.2, 0) is 75.8 Å². The summed E-state index contributed by atoms with van der Waals surface area (Å²) in [6.07, 6.45) is -11.5. The maximum atomic E-state index is 13.6. The molecular formula is C35H50N13O24P4+. The van der Waals surface area contributed by atoms with Crippen LogP contribution in [0.3, 0.4) is 0 Å². The molecule has 3 saturated heterocycles. The van der Waals surface area contributed by atoms with Crippen molar-refractivity contribution >= 4 is 71.3 Å². The van der Waals surface area contributed by atoms with E-state index in [4.69, 9.17) is 48.5 Å². The van der Waals surface area contributed by atoms with Crippen LogP contribution in [0.15, 0.2) is 45.6 Å². The van der Waals surface area contributed by atoms with Gasteiger partial charge in [-0.3, -0.25) is 56.1 Å². The number of carbonyl (C=O) groups is 1. The number of ether oxygens (including phenoxy) is 4. The SMILES string of the molecule is CNC(=O)C[C@H]1[C@@H](C)[C@H]([n+]2cn(C)c3c(=O)[nH]c(N)nc32)O[C@@H]1COP(=O)(O)OP(=O)(O)OP(=O)(O)OC[C@H]1O[C@@H](n2cnc3c(N)ncnc32)[C@H](OC)[C@@H]1OP(=O)(O)OC[C@H]1O[C@@H](n2ccc(=O)[nH]c2=O)[C@H](O)[C@@H]1O. The summed E-state index contributed by atoms with van der Waals surface area (Å²) in [7, 11) is -19.4. The number of nitrogens with two attached hydrogens (primary N) is 2. The average Bonchev–Trinajstić information content (AvgIpc) is 4.16. The molecule has 0 bridgehead atoms. The van der Waals surface area contributed by atoms with E-state index >= 15 is 0 Å². The van der Waals surface area contributed by atoms with Crippen molar-refractivity contribution in [1.82, 2.24) is 48.9 Å². The molecule has 5 aromatic heterocycles. The van der Waals surface area contributed by atoms with Crippen LogP contribution in [0.25, 0.3) is 22.3 Å². The van der Waals surface area contributed by atoms with Crippen LogP contribution >= 0.6 is 31.3 Å². The van der Waals surface area contributed by atoms with E-state index in [1.807, 2.05) is 4.98 Å². The quantitative estimate of drug-likeness (QED) is 0.0254. The number of nitrogens with one attached hydrogen (secondary N) is 3. The Kier molecular flexibility index (Phi) is 16.5. The van der Waals surface area contributed by atoms with Gasteiger partial charge in [-0.1, -0.05) is 11.9 Å². The Bertz CT molecular complexity index is 3370. The second-order valence-corrected chi connectivity index (χ2v) is 23.2. The van der Waals surface area contributed by atoms with E-state index < -0.39 is 147 Å². The summed E-state index contributed by atoms with van der Waals surface area (Å²) in [5.74, 6) is -2.22. The number of anilines is 2. The number of nitrogen functional groups attached to an aromatic ring is 2. The van der Waals surface area contributed by atoms with Crippen molar-refractivity contribution in [3.63, 3.8) is 0 Å². The first kappa shape index (κ1) is 57.1. The lowest BCUT2D eigenvalue weighted by molar-refractivity contribution is -0.745. The van der Waals surface area contributed by atoms with Crippen molar-refractivity contribution in [3.8, 4) is 0 Å². The van der Waals surface area contributed by atoms with Gasteiger partial charge in [-0.15, -0.1) is 0 Å². The molecule has 3 aliphatic heterocycles. The van der Waals surface area contributed by atoms with E-state index in [0.717, 1.165) is 36.6 Å².